The Hall–Kier alpha value is -1.12. The van der Waals surface area contributed by atoms with Crippen LogP contribution in [0.2, 0.25) is 0 Å². The monoisotopic (exact) mass is 475 g/mol. The van der Waals surface area contributed by atoms with E-state index in [1.807, 2.05) is 0 Å². The Bertz CT molecular complexity index is 594. The van der Waals surface area contributed by atoms with Crippen molar-refractivity contribution in [2.45, 2.75) is 141 Å². The summed E-state index contributed by atoms with van der Waals surface area (Å²) in [6.07, 6.45) is 20.4. The van der Waals surface area contributed by atoms with Gasteiger partial charge in [-0.2, -0.15) is 5.26 Å². The molecule has 0 aromatic rings. The van der Waals surface area contributed by atoms with Crippen LogP contribution in [-0.4, -0.2) is 37.5 Å². The van der Waals surface area contributed by atoms with Crippen LogP contribution in [-0.2, 0) is 19.0 Å². The maximum absolute atomic E-state index is 12.7. The molecule has 0 N–H and O–H groups in total. The maximum Gasteiger partial charge on any atom is 0.309 e. The van der Waals surface area contributed by atoms with Crippen molar-refractivity contribution >= 4 is 5.97 Å². The number of esters is 1. The number of ether oxygens (including phenoxy) is 3. The van der Waals surface area contributed by atoms with Gasteiger partial charge in [-0.15, -0.1) is 0 Å². The summed E-state index contributed by atoms with van der Waals surface area (Å²) in [6, 6.07) is 2.40. The second-order valence-electron chi connectivity index (χ2n) is 11.1. The summed E-state index contributed by atoms with van der Waals surface area (Å²) < 4.78 is 18.2. The molecule has 3 fully saturated rings. The van der Waals surface area contributed by atoms with E-state index in [1.165, 1.54) is 38.5 Å². The predicted octanol–water partition coefficient (Wildman–Crippen LogP) is 7.12. The van der Waals surface area contributed by atoms with Gasteiger partial charge < -0.3 is 14.2 Å². The number of rotatable bonds is 13. The molecule has 3 aliphatic carbocycles. The van der Waals surface area contributed by atoms with Gasteiger partial charge in [0.1, 0.15) is 6.10 Å². The highest BCUT2D eigenvalue weighted by atomic mass is 16.5. The van der Waals surface area contributed by atoms with Crippen molar-refractivity contribution in [2.75, 3.05) is 13.2 Å². The Balaban J connectivity index is 1.20. The number of hydrogen-bond acceptors (Lipinski definition) is 5. The van der Waals surface area contributed by atoms with Gasteiger partial charge >= 0.3 is 5.97 Å². The third-order valence-corrected chi connectivity index (χ3v) is 8.36. The fourth-order valence-electron chi connectivity index (χ4n) is 5.91. The minimum Gasteiger partial charge on any atom is -0.462 e. The Labute approximate surface area is 208 Å². The quantitative estimate of drug-likeness (QED) is 0.209. The topological polar surface area (TPSA) is 68.6 Å². The van der Waals surface area contributed by atoms with Crippen LogP contribution in [0.1, 0.15) is 122 Å². The number of nitriles is 1. The summed E-state index contributed by atoms with van der Waals surface area (Å²) in [5, 5.41) is 9.04. The molecule has 0 saturated heterocycles. The van der Waals surface area contributed by atoms with Gasteiger partial charge in [0.2, 0.25) is 0 Å². The lowest BCUT2D eigenvalue weighted by Crippen LogP contribution is -2.33. The van der Waals surface area contributed by atoms with Crippen molar-refractivity contribution in [3.05, 3.63) is 0 Å². The first-order valence-electron chi connectivity index (χ1n) is 14.5. The minimum atomic E-state index is 0.0183. The number of carbonyl (C=O) groups excluding carboxylic acids is 1. The highest BCUT2D eigenvalue weighted by Crippen LogP contribution is 2.32. The molecule has 0 radical (unpaired) electrons. The summed E-state index contributed by atoms with van der Waals surface area (Å²) in [6.45, 7) is 3.96. The zero-order valence-electron chi connectivity index (χ0n) is 21.7. The van der Waals surface area contributed by atoms with E-state index in [1.54, 1.807) is 0 Å². The van der Waals surface area contributed by atoms with Crippen molar-refractivity contribution in [3.63, 3.8) is 0 Å². The average molecular weight is 476 g/mol. The summed E-state index contributed by atoms with van der Waals surface area (Å²) in [4.78, 5) is 12.7. The number of hydrogen-bond donors (Lipinski definition) is 0. The molecule has 0 aliphatic heterocycles. The second-order valence-corrected chi connectivity index (χ2v) is 11.1. The minimum absolute atomic E-state index is 0.0183. The van der Waals surface area contributed by atoms with Gasteiger partial charge in [-0.1, -0.05) is 39.0 Å². The lowest BCUT2D eigenvalue weighted by Gasteiger charge is -2.32. The molecular weight excluding hydrogens is 426 g/mol. The molecule has 0 aromatic heterocycles. The van der Waals surface area contributed by atoms with Crippen LogP contribution < -0.4 is 0 Å². The molecular formula is C29H49NO4. The van der Waals surface area contributed by atoms with Crippen LogP contribution in [0.15, 0.2) is 0 Å². The van der Waals surface area contributed by atoms with E-state index in [0.29, 0.717) is 12.0 Å². The zero-order chi connectivity index (χ0) is 24.0. The number of nitrogens with zero attached hydrogens (tertiary/aromatic N) is 1. The van der Waals surface area contributed by atoms with E-state index in [2.05, 4.69) is 13.0 Å². The molecule has 0 unspecified atom stereocenters. The van der Waals surface area contributed by atoms with E-state index < -0.39 is 0 Å². The first-order chi connectivity index (χ1) is 16.7. The van der Waals surface area contributed by atoms with Gasteiger partial charge in [0.05, 0.1) is 24.2 Å². The SMILES string of the molecule is CCCCCCCCOC1CCC(OC(=O)C2CCC(OCC3CCC(C#N)CC3)CC2)CC1. The third kappa shape index (κ3) is 9.86. The van der Waals surface area contributed by atoms with E-state index >= 15 is 0 Å². The van der Waals surface area contributed by atoms with Crippen molar-refractivity contribution in [1.29, 1.82) is 5.26 Å². The third-order valence-electron chi connectivity index (χ3n) is 8.36. The molecule has 0 amide bonds. The average Bonchev–Trinajstić information content (AvgIpc) is 2.88. The van der Waals surface area contributed by atoms with Crippen molar-refractivity contribution in [1.82, 2.24) is 0 Å². The molecule has 0 bridgehead atoms. The lowest BCUT2D eigenvalue weighted by molar-refractivity contribution is -0.159. The van der Waals surface area contributed by atoms with Crippen molar-refractivity contribution < 1.29 is 19.0 Å². The molecule has 34 heavy (non-hydrogen) atoms. The van der Waals surface area contributed by atoms with E-state index in [4.69, 9.17) is 19.5 Å². The number of carbonyl (C=O) groups is 1. The molecule has 5 nitrogen and oxygen atoms in total. The Morgan fingerprint density at radius 3 is 2.00 bits per heavy atom. The van der Waals surface area contributed by atoms with Gasteiger partial charge in [-0.05, 0) is 89.4 Å². The van der Waals surface area contributed by atoms with E-state index in [0.717, 1.165) is 90.3 Å². The molecule has 3 rings (SSSR count). The second kappa shape index (κ2) is 15.8. The number of unbranched alkanes of at least 4 members (excludes halogenated alkanes) is 5. The smallest absolute Gasteiger partial charge is 0.309 e. The van der Waals surface area contributed by atoms with Crippen LogP contribution in [0.25, 0.3) is 0 Å². The molecule has 0 heterocycles. The van der Waals surface area contributed by atoms with Gasteiger partial charge in [0.25, 0.3) is 0 Å². The molecule has 5 heteroatoms. The van der Waals surface area contributed by atoms with Crippen molar-refractivity contribution in [2.24, 2.45) is 17.8 Å². The zero-order valence-corrected chi connectivity index (χ0v) is 21.7. The molecule has 3 aliphatic rings. The Morgan fingerprint density at radius 2 is 1.32 bits per heavy atom. The normalized spacial score (nSPS) is 32.1. The lowest BCUT2D eigenvalue weighted by atomic mass is 9.83. The molecule has 194 valence electrons. The van der Waals surface area contributed by atoms with Crippen LogP contribution >= 0.6 is 0 Å². The molecule has 3 saturated carbocycles. The first-order valence-corrected chi connectivity index (χ1v) is 14.5. The highest BCUT2D eigenvalue weighted by molar-refractivity contribution is 5.72. The summed E-state index contributed by atoms with van der Waals surface area (Å²) >= 11 is 0. The van der Waals surface area contributed by atoms with E-state index in [-0.39, 0.29) is 30.0 Å². The highest BCUT2D eigenvalue weighted by Gasteiger charge is 2.31. The Morgan fingerprint density at radius 1 is 0.735 bits per heavy atom. The standard InChI is InChI=1S/C29H49NO4/c1-2-3-4-5-6-7-20-32-26-16-18-28(19-17-26)34-29(31)25-12-14-27(15-13-25)33-22-24-10-8-23(21-30)9-11-24/h23-28H,2-20,22H2,1H3. The van der Waals surface area contributed by atoms with Crippen LogP contribution in [0.4, 0.5) is 0 Å². The summed E-state index contributed by atoms with van der Waals surface area (Å²) in [5.41, 5.74) is 0. The summed E-state index contributed by atoms with van der Waals surface area (Å²) in [5.74, 6) is 0.930. The van der Waals surface area contributed by atoms with Gasteiger partial charge in [-0.3, -0.25) is 4.79 Å². The van der Waals surface area contributed by atoms with Gasteiger partial charge in [-0.25, -0.2) is 0 Å². The summed E-state index contributed by atoms with van der Waals surface area (Å²) in [7, 11) is 0. The molecule has 0 aromatic carbocycles. The Kier molecular flexibility index (Phi) is 12.8. The van der Waals surface area contributed by atoms with Crippen LogP contribution in [0.3, 0.4) is 0 Å². The fraction of sp³-hybridized carbons (Fsp3) is 0.931. The van der Waals surface area contributed by atoms with Gasteiger partial charge in [0, 0.05) is 19.1 Å². The fourth-order valence-corrected chi connectivity index (χ4v) is 5.91. The molecule has 0 spiro atoms. The van der Waals surface area contributed by atoms with Crippen LogP contribution in [0, 0.1) is 29.1 Å². The predicted molar refractivity (Wildman–Crippen MR) is 134 cm³/mol. The first kappa shape index (κ1) is 27.5. The van der Waals surface area contributed by atoms with Crippen LogP contribution in [0.5, 0.6) is 0 Å². The largest absolute Gasteiger partial charge is 0.462 e. The van der Waals surface area contributed by atoms with Crippen molar-refractivity contribution in [3.8, 4) is 6.07 Å². The maximum atomic E-state index is 12.7. The molecule has 0 atom stereocenters. The van der Waals surface area contributed by atoms with Gasteiger partial charge in [0.15, 0.2) is 0 Å². The van der Waals surface area contributed by atoms with E-state index in [9.17, 15) is 4.79 Å².